The smallest absolute Gasteiger partial charge is 0.132 e. The van der Waals surface area contributed by atoms with E-state index in [1.165, 1.54) is 27.8 Å². The second-order valence-electron chi connectivity index (χ2n) is 10.4. The van der Waals surface area contributed by atoms with Crippen LogP contribution >= 0.6 is 0 Å². The van der Waals surface area contributed by atoms with Crippen LogP contribution in [0.3, 0.4) is 0 Å². The fraction of sp³-hybridized carbons (Fsp3) is 0.0263. The zero-order valence-electron chi connectivity index (χ0n) is 21.6. The normalized spacial score (nSPS) is 13.4. The summed E-state index contributed by atoms with van der Waals surface area (Å²) >= 11 is 0. The quantitative estimate of drug-likeness (QED) is 0.233. The van der Waals surface area contributed by atoms with Gasteiger partial charge in [0, 0.05) is 11.1 Å². The van der Waals surface area contributed by atoms with E-state index in [9.17, 15) is 5.26 Å². The predicted molar refractivity (Wildman–Crippen MR) is 159 cm³/mol. The van der Waals surface area contributed by atoms with Gasteiger partial charge in [-0.1, -0.05) is 115 Å². The molecule has 6 aromatic carbocycles. The first-order valence-electron chi connectivity index (χ1n) is 13.5. The molecule has 0 aromatic heterocycles. The molecule has 40 heavy (non-hydrogen) atoms. The van der Waals surface area contributed by atoms with E-state index in [2.05, 4.69) is 115 Å². The Bertz CT molecular complexity index is 1950. The molecule has 2 heteroatoms. The van der Waals surface area contributed by atoms with E-state index in [4.69, 9.17) is 4.74 Å². The summed E-state index contributed by atoms with van der Waals surface area (Å²) in [6.45, 7) is 0. The third-order valence-electron chi connectivity index (χ3n) is 8.42. The number of hydrogen-bond acceptors (Lipinski definition) is 2. The van der Waals surface area contributed by atoms with Crippen molar-refractivity contribution in [2.75, 3.05) is 0 Å². The summed E-state index contributed by atoms with van der Waals surface area (Å²) < 4.78 is 6.56. The lowest BCUT2D eigenvalue weighted by Crippen LogP contribution is -2.32. The Morgan fingerprint density at radius 3 is 1.68 bits per heavy atom. The van der Waals surface area contributed by atoms with Crippen LogP contribution in [0.25, 0.3) is 33.4 Å². The largest absolute Gasteiger partial charge is 0.457 e. The van der Waals surface area contributed by atoms with E-state index in [0.717, 1.165) is 39.3 Å². The van der Waals surface area contributed by atoms with E-state index < -0.39 is 5.41 Å². The number of ether oxygens (including phenoxy) is 1. The highest BCUT2D eigenvalue weighted by molar-refractivity contribution is 5.89. The molecule has 0 amide bonds. The third kappa shape index (κ3) is 3.04. The number of rotatable bonds is 2. The van der Waals surface area contributed by atoms with Crippen molar-refractivity contribution in [1.82, 2.24) is 0 Å². The zero-order chi connectivity index (χ0) is 26.7. The number of benzene rings is 6. The Morgan fingerprint density at radius 1 is 0.450 bits per heavy atom. The highest BCUT2D eigenvalue weighted by atomic mass is 16.5. The minimum Gasteiger partial charge on any atom is -0.457 e. The summed E-state index contributed by atoms with van der Waals surface area (Å²) in [5.74, 6) is 1.78. The maximum Gasteiger partial charge on any atom is 0.132 e. The van der Waals surface area contributed by atoms with Gasteiger partial charge in [0.05, 0.1) is 17.0 Å². The van der Waals surface area contributed by atoms with Gasteiger partial charge in [-0.15, -0.1) is 0 Å². The maximum atomic E-state index is 9.57. The van der Waals surface area contributed by atoms with Crippen LogP contribution in [-0.4, -0.2) is 0 Å². The molecule has 0 N–H and O–H groups in total. The SMILES string of the molecule is N#Cc1ccccc1-c1ccc(-c2ccc3c(c2)C2(c4ccccc4O3)c3ccccc3-c3ccccc32)cc1. The lowest BCUT2D eigenvalue weighted by Gasteiger charge is -2.39. The molecule has 0 radical (unpaired) electrons. The number of para-hydroxylation sites is 1. The van der Waals surface area contributed by atoms with E-state index >= 15 is 0 Å². The molecule has 1 heterocycles. The minimum atomic E-state index is -0.473. The zero-order valence-corrected chi connectivity index (χ0v) is 21.6. The van der Waals surface area contributed by atoms with Crippen molar-refractivity contribution in [3.8, 4) is 50.9 Å². The van der Waals surface area contributed by atoms with Crippen LogP contribution in [0, 0.1) is 11.3 Å². The van der Waals surface area contributed by atoms with Crippen LogP contribution < -0.4 is 4.74 Å². The van der Waals surface area contributed by atoms with Crippen molar-refractivity contribution < 1.29 is 4.74 Å². The fourth-order valence-corrected chi connectivity index (χ4v) is 6.71. The van der Waals surface area contributed by atoms with Gasteiger partial charge in [-0.25, -0.2) is 0 Å². The Balaban J connectivity index is 1.35. The summed E-state index contributed by atoms with van der Waals surface area (Å²) in [6, 6.07) is 51.1. The highest BCUT2D eigenvalue weighted by Gasteiger charge is 2.50. The molecule has 0 saturated heterocycles. The molecule has 1 spiro atoms. The Kier molecular flexibility index (Phi) is 4.83. The molecular weight excluding hydrogens is 486 g/mol. The second kappa shape index (κ2) is 8.56. The molecular formula is C38H23NO. The Labute approximate surface area is 233 Å². The molecule has 0 bridgehead atoms. The maximum absolute atomic E-state index is 9.57. The van der Waals surface area contributed by atoms with Gasteiger partial charge in [-0.3, -0.25) is 0 Å². The van der Waals surface area contributed by atoms with Crippen molar-refractivity contribution in [3.05, 3.63) is 167 Å². The molecule has 1 aliphatic heterocycles. The lowest BCUT2D eigenvalue weighted by atomic mass is 9.66. The van der Waals surface area contributed by atoms with Gasteiger partial charge in [0.1, 0.15) is 11.5 Å². The van der Waals surface area contributed by atoms with Crippen LogP contribution in [0.1, 0.15) is 27.8 Å². The van der Waals surface area contributed by atoms with E-state index in [1.54, 1.807) is 0 Å². The summed E-state index contributed by atoms with van der Waals surface area (Å²) in [4.78, 5) is 0. The topological polar surface area (TPSA) is 33.0 Å². The van der Waals surface area contributed by atoms with Crippen molar-refractivity contribution in [2.24, 2.45) is 0 Å². The van der Waals surface area contributed by atoms with Gasteiger partial charge in [0.25, 0.3) is 0 Å². The second-order valence-corrected chi connectivity index (χ2v) is 10.4. The summed E-state index contributed by atoms with van der Waals surface area (Å²) in [6.07, 6.45) is 0. The van der Waals surface area contributed by atoms with Crippen molar-refractivity contribution in [2.45, 2.75) is 5.41 Å². The molecule has 2 nitrogen and oxygen atoms in total. The Hall–Kier alpha value is -5.39. The molecule has 0 atom stereocenters. The van der Waals surface area contributed by atoms with Crippen LogP contribution in [0.4, 0.5) is 0 Å². The van der Waals surface area contributed by atoms with Crippen molar-refractivity contribution in [3.63, 3.8) is 0 Å². The van der Waals surface area contributed by atoms with Gasteiger partial charge < -0.3 is 4.74 Å². The lowest BCUT2D eigenvalue weighted by molar-refractivity contribution is 0.436. The Morgan fingerprint density at radius 2 is 0.975 bits per heavy atom. The van der Waals surface area contributed by atoms with E-state index in [-0.39, 0.29) is 0 Å². The number of nitrogens with zero attached hydrogens (tertiary/aromatic N) is 1. The van der Waals surface area contributed by atoms with Crippen molar-refractivity contribution in [1.29, 1.82) is 5.26 Å². The average Bonchev–Trinajstić information content (AvgIpc) is 3.32. The van der Waals surface area contributed by atoms with E-state index in [1.807, 2.05) is 30.3 Å². The fourth-order valence-electron chi connectivity index (χ4n) is 6.71. The molecule has 186 valence electrons. The van der Waals surface area contributed by atoms with Crippen LogP contribution in [0.15, 0.2) is 140 Å². The summed E-state index contributed by atoms with van der Waals surface area (Å²) in [7, 11) is 0. The molecule has 1 aliphatic carbocycles. The van der Waals surface area contributed by atoms with Gasteiger partial charge in [0.2, 0.25) is 0 Å². The number of fused-ring (bicyclic) bond motifs is 9. The molecule has 6 aromatic rings. The minimum absolute atomic E-state index is 0.473. The molecule has 2 aliphatic rings. The first kappa shape index (κ1) is 22.6. The van der Waals surface area contributed by atoms with Crippen LogP contribution in [0.2, 0.25) is 0 Å². The average molecular weight is 510 g/mol. The highest BCUT2D eigenvalue weighted by Crippen LogP contribution is 2.62. The van der Waals surface area contributed by atoms with Gasteiger partial charge >= 0.3 is 0 Å². The number of hydrogen-bond donors (Lipinski definition) is 0. The first-order valence-corrected chi connectivity index (χ1v) is 13.5. The summed E-state index contributed by atoms with van der Waals surface area (Å²) in [5.41, 5.74) is 11.9. The van der Waals surface area contributed by atoms with Crippen LogP contribution in [0.5, 0.6) is 11.5 Å². The van der Waals surface area contributed by atoms with Gasteiger partial charge in [-0.2, -0.15) is 5.26 Å². The third-order valence-corrected chi connectivity index (χ3v) is 8.42. The van der Waals surface area contributed by atoms with Gasteiger partial charge in [0.15, 0.2) is 0 Å². The van der Waals surface area contributed by atoms with E-state index in [0.29, 0.717) is 5.56 Å². The molecule has 0 saturated carbocycles. The monoisotopic (exact) mass is 509 g/mol. The molecule has 0 fully saturated rings. The van der Waals surface area contributed by atoms with Crippen molar-refractivity contribution >= 4 is 0 Å². The standard InChI is InChI=1S/C38H23NO/c39-24-28-9-1-2-10-29(28)26-19-17-25(18-20-26)27-21-22-37-35(23-27)38(34-15-7-8-16-36(34)40-37)32-13-5-3-11-30(32)31-12-4-6-14-33(31)38/h1-23H. The summed E-state index contributed by atoms with van der Waals surface area (Å²) in [5, 5.41) is 9.57. The number of nitriles is 1. The van der Waals surface area contributed by atoms with Gasteiger partial charge in [-0.05, 0) is 68.8 Å². The van der Waals surface area contributed by atoms with Crippen LogP contribution in [-0.2, 0) is 5.41 Å². The molecule has 0 unspecified atom stereocenters. The predicted octanol–water partition coefficient (Wildman–Crippen LogP) is 9.36. The first-order chi connectivity index (χ1) is 19.8. The molecule has 8 rings (SSSR count).